The monoisotopic (exact) mass is 443 g/mol. The topological polar surface area (TPSA) is 79.4 Å². The molecule has 1 amide bonds. The standard InChI is InChI=1S/C22H25N3O3S2/c1-5-20(22-23-16(3)14-29-22)24-21(26)17-7-6-8-19(13-17)30(27,28)25(4)18-11-9-15(2)10-12-18/h6-14,20H,5H2,1-4H3,(H,24,26). The van der Waals surface area contributed by atoms with Crippen LogP contribution in [-0.2, 0) is 10.0 Å². The van der Waals surface area contributed by atoms with E-state index in [9.17, 15) is 13.2 Å². The van der Waals surface area contributed by atoms with Crippen LogP contribution in [0.15, 0.2) is 58.8 Å². The van der Waals surface area contributed by atoms with Crippen molar-refractivity contribution in [1.29, 1.82) is 0 Å². The molecular formula is C22H25N3O3S2. The molecule has 0 spiro atoms. The number of rotatable bonds is 7. The molecule has 1 heterocycles. The second-order valence-electron chi connectivity index (χ2n) is 7.10. The number of thiazole rings is 1. The predicted molar refractivity (Wildman–Crippen MR) is 121 cm³/mol. The number of benzene rings is 2. The molecule has 158 valence electrons. The van der Waals surface area contributed by atoms with Crippen molar-refractivity contribution in [2.24, 2.45) is 0 Å². The first-order valence-electron chi connectivity index (χ1n) is 9.61. The summed E-state index contributed by atoms with van der Waals surface area (Å²) < 4.78 is 27.4. The van der Waals surface area contributed by atoms with Gasteiger partial charge in [-0.15, -0.1) is 11.3 Å². The van der Waals surface area contributed by atoms with Crippen LogP contribution in [0.5, 0.6) is 0 Å². The first-order chi connectivity index (χ1) is 14.2. The van der Waals surface area contributed by atoms with Crippen molar-refractivity contribution < 1.29 is 13.2 Å². The number of hydrogen-bond donors (Lipinski definition) is 1. The lowest BCUT2D eigenvalue weighted by atomic mass is 10.1. The molecule has 2 aromatic carbocycles. The SMILES string of the molecule is CCC(NC(=O)c1cccc(S(=O)(=O)N(C)c2ccc(C)cc2)c1)c1nc(C)cs1. The minimum Gasteiger partial charge on any atom is -0.343 e. The average molecular weight is 444 g/mol. The van der Waals surface area contributed by atoms with Gasteiger partial charge in [0.2, 0.25) is 0 Å². The zero-order chi connectivity index (χ0) is 21.9. The van der Waals surface area contributed by atoms with Crippen LogP contribution < -0.4 is 9.62 Å². The maximum atomic E-state index is 13.1. The molecule has 0 saturated heterocycles. The third-order valence-electron chi connectivity index (χ3n) is 4.80. The normalized spacial score (nSPS) is 12.4. The van der Waals surface area contributed by atoms with Crippen LogP contribution in [0.4, 0.5) is 5.69 Å². The van der Waals surface area contributed by atoms with Crippen molar-refractivity contribution in [3.05, 3.63) is 75.7 Å². The van der Waals surface area contributed by atoms with Gasteiger partial charge in [-0.05, 0) is 50.6 Å². The summed E-state index contributed by atoms with van der Waals surface area (Å²) >= 11 is 1.50. The van der Waals surface area contributed by atoms with Crippen LogP contribution in [-0.4, -0.2) is 26.4 Å². The molecule has 1 unspecified atom stereocenters. The van der Waals surface area contributed by atoms with Crippen LogP contribution in [0.25, 0.3) is 0 Å². The van der Waals surface area contributed by atoms with Gasteiger partial charge in [-0.3, -0.25) is 9.10 Å². The van der Waals surface area contributed by atoms with Crippen molar-refractivity contribution >= 4 is 33.0 Å². The Morgan fingerprint density at radius 3 is 2.47 bits per heavy atom. The van der Waals surface area contributed by atoms with Crippen molar-refractivity contribution in [3.63, 3.8) is 0 Å². The van der Waals surface area contributed by atoms with Gasteiger partial charge in [0.15, 0.2) is 0 Å². The van der Waals surface area contributed by atoms with Crippen molar-refractivity contribution in [2.45, 2.75) is 38.1 Å². The molecular weight excluding hydrogens is 418 g/mol. The van der Waals surface area contributed by atoms with E-state index in [1.54, 1.807) is 24.3 Å². The van der Waals surface area contributed by atoms with Crippen LogP contribution in [0, 0.1) is 13.8 Å². The number of aryl methyl sites for hydroxylation is 2. The fourth-order valence-corrected chi connectivity index (χ4v) is 5.13. The van der Waals surface area contributed by atoms with E-state index in [0.717, 1.165) is 16.3 Å². The Morgan fingerprint density at radius 1 is 1.17 bits per heavy atom. The minimum atomic E-state index is -3.80. The van der Waals surface area contributed by atoms with E-state index in [1.165, 1.54) is 34.8 Å². The largest absolute Gasteiger partial charge is 0.343 e. The van der Waals surface area contributed by atoms with Crippen molar-refractivity contribution in [1.82, 2.24) is 10.3 Å². The number of hydrogen-bond acceptors (Lipinski definition) is 5. The number of nitrogens with zero attached hydrogens (tertiary/aromatic N) is 2. The maximum Gasteiger partial charge on any atom is 0.264 e. The molecule has 3 rings (SSSR count). The second-order valence-corrected chi connectivity index (χ2v) is 9.96. The molecule has 1 aromatic heterocycles. The van der Waals surface area contributed by atoms with E-state index in [0.29, 0.717) is 17.7 Å². The molecule has 30 heavy (non-hydrogen) atoms. The third kappa shape index (κ3) is 4.71. The molecule has 0 bridgehead atoms. The fourth-order valence-electron chi connectivity index (χ4n) is 2.96. The van der Waals surface area contributed by atoms with E-state index in [2.05, 4.69) is 10.3 Å². The van der Waals surface area contributed by atoms with Crippen LogP contribution in [0.2, 0.25) is 0 Å². The summed E-state index contributed by atoms with van der Waals surface area (Å²) in [5, 5.41) is 5.74. The van der Waals surface area contributed by atoms with Gasteiger partial charge in [-0.25, -0.2) is 13.4 Å². The minimum absolute atomic E-state index is 0.0661. The number of amides is 1. The molecule has 0 radical (unpaired) electrons. The lowest BCUT2D eigenvalue weighted by Gasteiger charge is -2.20. The Labute approximate surface area is 181 Å². The maximum absolute atomic E-state index is 13.1. The Hall–Kier alpha value is -2.71. The summed E-state index contributed by atoms with van der Waals surface area (Å²) in [6.45, 7) is 5.82. The summed E-state index contributed by atoms with van der Waals surface area (Å²) in [5.41, 5.74) is 2.81. The zero-order valence-corrected chi connectivity index (χ0v) is 19.0. The Bertz CT molecular complexity index is 1140. The van der Waals surface area contributed by atoms with Gasteiger partial charge in [-0.1, -0.05) is 30.7 Å². The molecule has 6 nitrogen and oxygen atoms in total. The van der Waals surface area contributed by atoms with E-state index in [4.69, 9.17) is 0 Å². The summed E-state index contributed by atoms with van der Waals surface area (Å²) in [6, 6.07) is 13.1. The number of carbonyl (C=O) groups excluding carboxylic acids is 1. The molecule has 0 aliphatic heterocycles. The highest BCUT2D eigenvalue weighted by molar-refractivity contribution is 7.92. The number of aromatic nitrogens is 1. The Kier molecular flexibility index (Phi) is 6.58. The van der Waals surface area contributed by atoms with E-state index in [1.807, 2.05) is 38.3 Å². The molecule has 3 aromatic rings. The van der Waals surface area contributed by atoms with Gasteiger partial charge >= 0.3 is 0 Å². The van der Waals surface area contributed by atoms with Gasteiger partial charge in [0.1, 0.15) is 5.01 Å². The lowest BCUT2D eigenvalue weighted by molar-refractivity contribution is 0.0935. The van der Waals surface area contributed by atoms with E-state index < -0.39 is 10.0 Å². The summed E-state index contributed by atoms with van der Waals surface area (Å²) in [5.74, 6) is -0.329. The molecule has 0 saturated carbocycles. The lowest BCUT2D eigenvalue weighted by Crippen LogP contribution is -2.29. The predicted octanol–water partition coefficient (Wildman–Crippen LogP) is 4.47. The number of sulfonamides is 1. The molecule has 0 fully saturated rings. The molecule has 0 aliphatic carbocycles. The molecule has 1 atom stereocenters. The quantitative estimate of drug-likeness (QED) is 0.584. The molecule has 0 aliphatic rings. The highest BCUT2D eigenvalue weighted by Crippen LogP contribution is 2.24. The van der Waals surface area contributed by atoms with Gasteiger partial charge in [0.25, 0.3) is 15.9 Å². The van der Waals surface area contributed by atoms with E-state index in [-0.39, 0.29) is 16.8 Å². The highest BCUT2D eigenvalue weighted by atomic mass is 32.2. The highest BCUT2D eigenvalue weighted by Gasteiger charge is 2.23. The summed E-state index contributed by atoms with van der Waals surface area (Å²) in [7, 11) is -2.30. The van der Waals surface area contributed by atoms with Gasteiger partial charge in [0, 0.05) is 23.7 Å². The first kappa shape index (κ1) is 22.0. The number of anilines is 1. The van der Waals surface area contributed by atoms with Gasteiger partial charge in [0.05, 0.1) is 16.6 Å². The summed E-state index contributed by atoms with van der Waals surface area (Å²) in [4.78, 5) is 17.3. The van der Waals surface area contributed by atoms with Crippen LogP contribution in [0.1, 0.15) is 46.0 Å². The Morgan fingerprint density at radius 2 is 1.87 bits per heavy atom. The van der Waals surface area contributed by atoms with Crippen molar-refractivity contribution in [2.75, 3.05) is 11.4 Å². The van der Waals surface area contributed by atoms with Gasteiger partial charge < -0.3 is 5.32 Å². The molecule has 1 N–H and O–H groups in total. The average Bonchev–Trinajstić information content (AvgIpc) is 3.18. The molecule has 8 heteroatoms. The van der Waals surface area contributed by atoms with Crippen LogP contribution >= 0.6 is 11.3 Å². The Balaban J connectivity index is 1.84. The second kappa shape index (κ2) is 8.97. The van der Waals surface area contributed by atoms with Crippen molar-refractivity contribution in [3.8, 4) is 0 Å². The number of carbonyl (C=O) groups is 1. The fraction of sp³-hybridized carbons (Fsp3) is 0.273. The summed E-state index contributed by atoms with van der Waals surface area (Å²) in [6.07, 6.45) is 0.687. The zero-order valence-electron chi connectivity index (χ0n) is 17.4. The van der Waals surface area contributed by atoms with E-state index >= 15 is 0 Å². The number of nitrogens with one attached hydrogen (secondary N) is 1. The van der Waals surface area contributed by atoms with Crippen LogP contribution in [0.3, 0.4) is 0 Å². The smallest absolute Gasteiger partial charge is 0.264 e. The third-order valence-corrected chi connectivity index (χ3v) is 7.66. The van der Waals surface area contributed by atoms with Gasteiger partial charge in [-0.2, -0.15) is 0 Å². The first-order valence-corrected chi connectivity index (χ1v) is 11.9.